The van der Waals surface area contributed by atoms with Crippen LogP contribution in [0.4, 0.5) is 0 Å². The fourth-order valence-electron chi connectivity index (χ4n) is 3.20. The minimum absolute atomic E-state index is 0.0108. The molecule has 0 atom stereocenters. The van der Waals surface area contributed by atoms with Gasteiger partial charge in [-0.3, -0.25) is 0 Å². The van der Waals surface area contributed by atoms with Crippen LogP contribution >= 0.6 is 0 Å². The zero-order chi connectivity index (χ0) is 21.0. The summed E-state index contributed by atoms with van der Waals surface area (Å²) in [5.74, 6) is 0.622. The van der Waals surface area contributed by atoms with Crippen LogP contribution in [0.15, 0.2) is 48.5 Å². The normalized spacial score (nSPS) is 12.6. The summed E-state index contributed by atoms with van der Waals surface area (Å²) in [6.07, 6.45) is 0. The van der Waals surface area contributed by atoms with Crippen molar-refractivity contribution in [3.05, 3.63) is 70.8 Å². The van der Waals surface area contributed by atoms with Crippen LogP contribution in [0.2, 0.25) is 0 Å². The lowest BCUT2D eigenvalue weighted by atomic mass is 9.73. The van der Waals surface area contributed by atoms with Crippen LogP contribution in [0, 0.1) is 5.92 Å². The first-order valence-corrected chi connectivity index (χ1v) is 10.6. The van der Waals surface area contributed by atoms with Gasteiger partial charge in [0.25, 0.3) is 0 Å². The smallest absolute Gasteiger partial charge is 0.0146 e. The second kappa shape index (κ2) is 8.63. The molecule has 2 rings (SSSR count). The lowest BCUT2D eigenvalue weighted by Crippen LogP contribution is -2.25. The Kier molecular flexibility index (Phi) is 7.51. The van der Waals surface area contributed by atoms with Crippen molar-refractivity contribution in [3.8, 4) is 0 Å². The first-order chi connectivity index (χ1) is 12.4. The molecule has 0 saturated heterocycles. The number of benzene rings is 2. The maximum atomic E-state index is 2.34. The standard InChI is InChI=1S/C25H36.C2H6/c1-18(2)24(6,7)20-14-16-22(17-15-20)25(8,9)21-12-10-19(11-13-21)23(3,4)5;1-2/h10-18H,1-9H3;1-2H3. The van der Waals surface area contributed by atoms with Gasteiger partial charge >= 0.3 is 0 Å². The second-order valence-electron chi connectivity index (χ2n) is 9.91. The molecule has 0 saturated carbocycles. The Hall–Kier alpha value is -1.56. The highest BCUT2D eigenvalue weighted by Crippen LogP contribution is 2.36. The molecule has 0 unspecified atom stereocenters. The maximum Gasteiger partial charge on any atom is 0.0146 e. The molecule has 0 bridgehead atoms. The van der Waals surface area contributed by atoms with Crippen molar-refractivity contribution in [3.63, 3.8) is 0 Å². The van der Waals surface area contributed by atoms with Crippen LogP contribution in [0.25, 0.3) is 0 Å². The lowest BCUT2D eigenvalue weighted by molar-refractivity contribution is 0.372. The Labute approximate surface area is 169 Å². The highest BCUT2D eigenvalue weighted by Gasteiger charge is 2.27. The van der Waals surface area contributed by atoms with Crippen LogP contribution < -0.4 is 0 Å². The fourth-order valence-corrected chi connectivity index (χ4v) is 3.20. The molecule has 0 N–H and O–H groups in total. The molecule has 0 radical (unpaired) electrons. The second-order valence-corrected chi connectivity index (χ2v) is 9.91. The van der Waals surface area contributed by atoms with Gasteiger partial charge in [0, 0.05) is 5.41 Å². The van der Waals surface area contributed by atoms with E-state index in [1.807, 2.05) is 13.8 Å². The number of rotatable bonds is 4. The van der Waals surface area contributed by atoms with E-state index in [1.54, 1.807) is 0 Å². The molecule has 0 heterocycles. The maximum absolute atomic E-state index is 2.34. The quantitative estimate of drug-likeness (QED) is 0.510. The molecule has 2 aromatic carbocycles. The van der Waals surface area contributed by atoms with Gasteiger partial charge in [0.2, 0.25) is 0 Å². The summed E-state index contributed by atoms with van der Waals surface area (Å²) >= 11 is 0. The van der Waals surface area contributed by atoms with Crippen LogP contribution in [-0.4, -0.2) is 0 Å². The monoisotopic (exact) mass is 366 g/mol. The number of hydrogen-bond acceptors (Lipinski definition) is 0. The van der Waals surface area contributed by atoms with Crippen LogP contribution in [0.3, 0.4) is 0 Å². The fraction of sp³-hybridized carbons (Fsp3) is 0.556. The third-order valence-electron chi connectivity index (χ3n) is 6.27. The van der Waals surface area contributed by atoms with Gasteiger partial charge in [-0.2, -0.15) is 0 Å². The van der Waals surface area contributed by atoms with Gasteiger partial charge in [-0.25, -0.2) is 0 Å². The van der Waals surface area contributed by atoms with Crippen molar-refractivity contribution in [2.24, 2.45) is 5.92 Å². The highest BCUT2D eigenvalue weighted by atomic mass is 14.3. The Morgan fingerprint density at radius 1 is 0.519 bits per heavy atom. The minimum atomic E-state index is 0.0108. The summed E-state index contributed by atoms with van der Waals surface area (Å²) in [7, 11) is 0. The Balaban J connectivity index is 0.00000176. The van der Waals surface area contributed by atoms with Gasteiger partial charge in [-0.15, -0.1) is 0 Å². The van der Waals surface area contributed by atoms with E-state index in [4.69, 9.17) is 0 Å². The molecule has 0 aromatic heterocycles. The van der Waals surface area contributed by atoms with Crippen molar-refractivity contribution >= 4 is 0 Å². The zero-order valence-electron chi connectivity index (χ0n) is 19.7. The minimum Gasteiger partial charge on any atom is -0.0683 e. The van der Waals surface area contributed by atoms with Gasteiger partial charge in [0.1, 0.15) is 0 Å². The Bertz CT molecular complexity index is 689. The average Bonchev–Trinajstić information content (AvgIpc) is 2.62. The molecule has 0 fully saturated rings. The van der Waals surface area contributed by atoms with E-state index in [1.165, 1.54) is 22.3 Å². The molecule has 0 spiro atoms. The van der Waals surface area contributed by atoms with Crippen LogP contribution in [0.5, 0.6) is 0 Å². The Morgan fingerprint density at radius 3 is 1.11 bits per heavy atom. The van der Waals surface area contributed by atoms with E-state index >= 15 is 0 Å². The molecule has 0 aliphatic rings. The van der Waals surface area contributed by atoms with Crippen molar-refractivity contribution < 1.29 is 0 Å². The van der Waals surface area contributed by atoms with E-state index < -0.39 is 0 Å². The molecule has 0 heteroatoms. The highest BCUT2D eigenvalue weighted by molar-refractivity contribution is 5.41. The zero-order valence-corrected chi connectivity index (χ0v) is 19.7. The first kappa shape index (κ1) is 23.5. The van der Waals surface area contributed by atoms with Crippen molar-refractivity contribution in [1.82, 2.24) is 0 Å². The van der Waals surface area contributed by atoms with E-state index in [-0.39, 0.29) is 16.2 Å². The SMILES string of the molecule is CC.CC(C)C(C)(C)c1ccc(C(C)(C)c2ccc(C(C)(C)C)cc2)cc1. The molecule has 27 heavy (non-hydrogen) atoms. The van der Waals surface area contributed by atoms with Crippen molar-refractivity contribution in [1.29, 1.82) is 0 Å². The molecular formula is C27H42. The van der Waals surface area contributed by atoms with Gasteiger partial charge < -0.3 is 0 Å². The first-order valence-electron chi connectivity index (χ1n) is 10.6. The van der Waals surface area contributed by atoms with Gasteiger partial charge in [0.05, 0.1) is 0 Å². The summed E-state index contributed by atoms with van der Waals surface area (Å²) in [6, 6.07) is 18.4. The summed E-state index contributed by atoms with van der Waals surface area (Å²) < 4.78 is 0. The molecule has 0 amide bonds. The van der Waals surface area contributed by atoms with E-state index in [9.17, 15) is 0 Å². The molecule has 0 nitrogen and oxygen atoms in total. The predicted octanol–water partition coefficient (Wildman–Crippen LogP) is 8.27. The molecule has 2 aromatic rings. The third kappa shape index (κ3) is 5.24. The number of hydrogen-bond donors (Lipinski definition) is 0. The van der Waals surface area contributed by atoms with Crippen LogP contribution in [-0.2, 0) is 16.2 Å². The largest absolute Gasteiger partial charge is 0.0683 e. The molecular weight excluding hydrogens is 324 g/mol. The van der Waals surface area contributed by atoms with Gasteiger partial charge in [-0.05, 0) is 39.0 Å². The van der Waals surface area contributed by atoms with Crippen LogP contribution in [0.1, 0.15) is 98.4 Å². The van der Waals surface area contributed by atoms with E-state index in [0.717, 1.165) is 0 Å². The molecule has 150 valence electrons. The summed E-state index contributed by atoms with van der Waals surface area (Å²) in [6.45, 7) is 24.7. The van der Waals surface area contributed by atoms with Crippen molar-refractivity contribution in [2.75, 3.05) is 0 Å². The summed E-state index contributed by atoms with van der Waals surface area (Å²) in [5.41, 5.74) is 5.97. The molecule has 0 aliphatic carbocycles. The lowest BCUT2D eigenvalue weighted by Gasteiger charge is -2.32. The van der Waals surface area contributed by atoms with Gasteiger partial charge in [-0.1, -0.05) is 125 Å². The Morgan fingerprint density at radius 2 is 0.815 bits per heavy atom. The average molecular weight is 367 g/mol. The predicted molar refractivity (Wildman–Crippen MR) is 123 cm³/mol. The van der Waals surface area contributed by atoms with E-state index in [2.05, 4.69) is 111 Å². The third-order valence-corrected chi connectivity index (χ3v) is 6.27. The van der Waals surface area contributed by atoms with E-state index in [0.29, 0.717) is 5.92 Å². The van der Waals surface area contributed by atoms with Crippen molar-refractivity contribution in [2.45, 2.75) is 92.4 Å². The topological polar surface area (TPSA) is 0 Å². The molecule has 0 aliphatic heterocycles. The summed E-state index contributed by atoms with van der Waals surface area (Å²) in [4.78, 5) is 0. The van der Waals surface area contributed by atoms with Gasteiger partial charge in [0.15, 0.2) is 0 Å². The summed E-state index contributed by atoms with van der Waals surface area (Å²) in [5, 5.41) is 0.